The molecular weight excluding hydrogens is 299 g/mol. The minimum atomic E-state index is -1.07. The van der Waals surface area contributed by atoms with Crippen LogP contribution in [-0.4, -0.2) is 17.0 Å². The molecule has 6 heteroatoms. The van der Waals surface area contributed by atoms with Crippen LogP contribution in [0.25, 0.3) is 6.08 Å². The Balaban J connectivity index is 2.15. The molecule has 0 aliphatic rings. The summed E-state index contributed by atoms with van der Waals surface area (Å²) in [5.41, 5.74) is 0.809. The molecule has 0 aliphatic carbocycles. The molecule has 0 fully saturated rings. The van der Waals surface area contributed by atoms with Gasteiger partial charge < -0.3 is 10.4 Å². The fourth-order valence-electron chi connectivity index (χ4n) is 1.77. The topological polar surface area (TPSA) is 90.2 Å². The summed E-state index contributed by atoms with van der Waals surface area (Å²) < 4.78 is 12.8. The van der Waals surface area contributed by atoms with Gasteiger partial charge in [0.25, 0.3) is 5.91 Å². The minimum absolute atomic E-state index is 0.0883. The maximum atomic E-state index is 12.8. The molecule has 2 aromatic carbocycles. The van der Waals surface area contributed by atoms with E-state index in [4.69, 9.17) is 10.4 Å². The van der Waals surface area contributed by atoms with E-state index in [-0.39, 0.29) is 11.1 Å². The molecule has 2 aromatic rings. The Bertz CT molecular complexity index is 803. The first-order chi connectivity index (χ1) is 11.0. The smallest absolute Gasteiger partial charge is 0.335 e. The molecule has 0 bridgehead atoms. The molecule has 1 amide bonds. The van der Waals surface area contributed by atoms with Gasteiger partial charge in [-0.1, -0.05) is 12.1 Å². The van der Waals surface area contributed by atoms with E-state index in [1.807, 2.05) is 0 Å². The third kappa shape index (κ3) is 4.25. The Morgan fingerprint density at radius 1 is 1.09 bits per heavy atom. The normalized spacial score (nSPS) is 10.7. The number of amides is 1. The number of benzene rings is 2. The highest BCUT2D eigenvalue weighted by Gasteiger charge is 2.10. The van der Waals surface area contributed by atoms with Gasteiger partial charge in [0, 0.05) is 5.69 Å². The minimum Gasteiger partial charge on any atom is -0.478 e. The number of carbonyl (C=O) groups excluding carboxylic acids is 1. The third-order valence-corrected chi connectivity index (χ3v) is 2.94. The lowest BCUT2D eigenvalue weighted by Gasteiger charge is -2.04. The predicted octanol–water partition coefficient (Wildman–Crippen LogP) is 3.07. The van der Waals surface area contributed by atoms with Crippen molar-refractivity contribution >= 4 is 23.6 Å². The van der Waals surface area contributed by atoms with Crippen LogP contribution in [0.5, 0.6) is 0 Å². The van der Waals surface area contributed by atoms with Crippen molar-refractivity contribution in [2.45, 2.75) is 0 Å². The first kappa shape index (κ1) is 15.9. The maximum absolute atomic E-state index is 12.8. The Morgan fingerprint density at radius 3 is 2.22 bits per heavy atom. The van der Waals surface area contributed by atoms with Crippen LogP contribution in [0, 0.1) is 17.1 Å². The molecule has 0 atom stereocenters. The highest BCUT2D eigenvalue weighted by Crippen LogP contribution is 2.13. The largest absolute Gasteiger partial charge is 0.478 e. The monoisotopic (exact) mass is 310 g/mol. The van der Waals surface area contributed by atoms with Crippen molar-refractivity contribution in [2.75, 3.05) is 5.32 Å². The molecule has 0 aromatic heterocycles. The van der Waals surface area contributed by atoms with Crippen LogP contribution in [0.2, 0.25) is 0 Å². The quantitative estimate of drug-likeness (QED) is 0.670. The molecule has 0 saturated carbocycles. The molecule has 2 N–H and O–H groups in total. The van der Waals surface area contributed by atoms with Crippen LogP contribution in [0.3, 0.4) is 0 Å². The number of rotatable bonds is 4. The molecule has 23 heavy (non-hydrogen) atoms. The Kier molecular flexibility index (Phi) is 4.85. The summed E-state index contributed by atoms with van der Waals surface area (Å²) in [6, 6.07) is 12.7. The van der Waals surface area contributed by atoms with E-state index in [1.54, 1.807) is 6.07 Å². The van der Waals surface area contributed by atoms with Crippen molar-refractivity contribution < 1.29 is 19.1 Å². The first-order valence-electron chi connectivity index (χ1n) is 6.51. The lowest BCUT2D eigenvalue weighted by Crippen LogP contribution is -2.13. The van der Waals surface area contributed by atoms with Crippen molar-refractivity contribution in [1.82, 2.24) is 0 Å². The van der Waals surface area contributed by atoms with Gasteiger partial charge in [0.15, 0.2) is 0 Å². The van der Waals surface area contributed by atoms with Crippen LogP contribution in [0.4, 0.5) is 10.1 Å². The fraction of sp³-hybridized carbons (Fsp3) is 0. The van der Waals surface area contributed by atoms with E-state index >= 15 is 0 Å². The molecular formula is C17H11FN2O3. The van der Waals surface area contributed by atoms with Gasteiger partial charge in [0.1, 0.15) is 17.5 Å². The van der Waals surface area contributed by atoms with E-state index in [2.05, 4.69) is 5.32 Å². The second kappa shape index (κ2) is 7.00. The molecule has 5 nitrogen and oxygen atoms in total. The zero-order valence-corrected chi connectivity index (χ0v) is 11.8. The number of hydrogen-bond acceptors (Lipinski definition) is 3. The third-order valence-electron chi connectivity index (χ3n) is 2.94. The summed E-state index contributed by atoms with van der Waals surface area (Å²) in [6.07, 6.45) is 1.33. The highest BCUT2D eigenvalue weighted by atomic mass is 19.1. The van der Waals surface area contributed by atoms with Crippen molar-refractivity contribution in [3.05, 3.63) is 71.0 Å². The number of nitrogens with one attached hydrogen (secondary N) is 1. The fourth-order valence-corrected chi connectivity index (χ4v) is 1.77. The van der Waals surface area contributed by atoms with Gasteiger partial charge in [-0.05, 0) is 48.0 Å². The number of halogens is 1. The number of nitrogens with zero attached hydrogens (tertiary/aromatic N) is 1. The van der Waals surface area contributed by atoms with E-state index < -0.39 is 17.7 Å². The number of carboxylic acid groups (broad SMARTS) is 1. The summed E-state index contributed by atoms with van der Waals surface area (Å²) in [7, 11) is 0. The van der Waals surface area contributed by atoms with E-state index in [9.17, 15) is 14.0 Å². The van der Waals surface area contributed by atoms with Crippen molar-refractivity contribution in [1.29, 1.82) is 5.26 Å². The summed E-state index contributed by atoms with van der Waals surface area (Å²) in [6.45, 7) is 0. The number of carboxylic acids is 1. The number of carbonyl (C=O) groups is 2. The molecule has 114 valence electrons. The average Bonchev–Trinajstić information content (AvgIpc) is 2.54. The second-order valence-electron chi connectivity index (χ2n) is 4.56. The Labute approximate surface area is 131 Å². The first-order valence-corrected chi connectivity index (χ1v) is 6.51. The average molecular weight is 310 g/mol. The van der Waals surface area contributed by atoms with Crippen molar-refractivity contribution in [3.63, 3.8) is 0 Å². The standard InChI is InChI=1S/C17H11FN2O3/c18-14-5-1-11(2-6-14)9-13(10-19)16(21)20-15-7-3-12(4-8-15)17(22)23/h1-9H,(H,20,21)(H,22,23)/b13-9-. The van der Waals surface area contributed by atoms with Crippen LogP contribution < -0.4 is 5.32 Å². The van der Waals surface area contributed by atoms with Crippen LogP contribution in [0.15, 0.2) is 54.1 Å². The Morgan fingerprint density at radius 2 is 1.70 bits per heavy atom. The van der Waals surface area contributed by atoms with Crippen LogP contribution in [0.1, 0.15) is 15.9 Å². The molecule has 0 saturated heterocycles. The molecule has 0 heterocycles. The Hall–Kier alpha value is -3.46. The molecule has 0 spiro atoms. The zero-order valence-electron chi connectivity index (χ0n) is 11.8. The van der Waals surface area contributed by atoms with Gasteiger partial charge >= 0.3 is 5.97 Å². The summed E-state index contributed by atoms with van der Waals surface area (Å²) in [5.74, 6) is -2.12. The lowest BCUT2D eigenvalue weighted by atomic mass is 10.1. The number of aromatic carboxylic acids is 1. The highest BCUT2D eigenvalue weighted by molar-refractivity contribution is 6.09. The zero-order chi connectivity index (χ0) is 16.8. The molecule has 0 aliphatic heterocycles. The van der Waals surface area contributed by atoms with Gasteiger partial charge in [0.05, 0.1) is 5.56 Å². The number of nitriles is 1. The van der Waals surface area contributed by atoms with E-state index in [0.29, 0.717) is 11.3 Å². The predicted molar refractivity (Wildman–Crippen MR) is 82.0 cm³/mol. The van der Waals surface area contributed by atoms with Crippen LogP contribution in [-0.2, 0) is 4.79 Å². The van der Waals surface area contributed by atoms with Crippen molar-refractivity contribution in [3.8, 4) is 6.07 Å². The SMILES string of the molecule is N#C/C(=C/c1ccc(F)cc1)C(=O)Nc1ccc(C(=O)O)cc1. The number of anilines is 1. The van der Waals surface area contributed by atoms with Gasteiger partial charge in [-0.25, -0.2) is 9.18 Å². The molecule has 0 unspecified atom stereocenters. The van der Waals surface area contributed by atoms with Crippen molar-refractivity contribution in [2.24, 2.45) is 0 Å². The maximum Gasteiger partial charge on any atom is 0.335 e. The second-order valence-corrected chi connectivity index (χ2v) is 4.56. The summed E-state index contributed by atoms with van der Waals surface area (Å²) in [5, 5.41) is 20.4. The van der Waals surface area contributed by atoms with E-state index in [1.165, 1.54) is 54.6 Å². The lowest BCUT2D eigenvalue weighted by molar-refractivity contribution is -0.112. The van der Waals surface area contributed by atoms with Gasteiger partial charge in [-0.15, -0.1) is 0 Å². The summed E-state index contributed by atoms with van der Waals surface area (Å²) in [4.78, 5) is 22.8. The molecule has 2 rings (SSSR count). The van der Waals surface area contributed by atoms with E-state index in [0.717, 1.165) is 0 Å². The van der Waals surface area contributed by atoms with Gasteiger partial charge in [-0.2, -0.15) is 5.26 Å². The van der Waals surface area contributed by atoms with Crippen LogP contribution >= 0.6 is 0 Å². The molecule has 0 radical (unpaired) electrons. The van der Waals surface area contributed by atoms with Gasteiger partial charge in [0.2, 0.25) is 0 Å². The summed E-state index contributed by atoms with van der Waals surface area (Å²) >= 11 is 0. The number of hydrogen-bond donors (Lipinski definition) is 2. The van der Waals surface area contributed by atoms with Gasteiger partial charge in [-0.3, -0.25) is 4.79 Å².